The molecular weight excluding hydrogens is 350 g/mol. The number of halogens is 4. The number of rotatable bonds is 4. The van der Waals surface area contributed by atoms with Gasteiger partial charge < -0.3 is 5.32 Å². The molecule has 0 unspecified atom stereocenters. The monoisotopic (exact) mass is 372 g/mol. The molecule has 0 amide bonds. The van der Waals surface area contributed by atoms with Gasteiger partial charge in [-0.25, -0.2) is 0 Å². The summed E-state index contributed by atoms with van der Waals surface area (Å²) in [4.78, 5) is 2.55. The van der Waals surface area contributed by atoms with Crippen molar-refractivity contribution in [3.63, 3.8) is 0 Å². The highest BCUT2D eigenvalue weighted by molar-refractivity contribution is 6.42. The summed E-state index contributed by atoms with van der Waals surface area (Å²) in [6, 6.07) is 6.49. The highest BCUT2D eigenvalue weighted by Gasteiger charge is 2.23. The normalized spacial score (nSPS) is 17.0. The Morgan fingerprint density at radius 1 is 1.10 bits per heavy atom. The Hall–Kier alpha value is 0.300. The summed E-state index contributed by atoms with van der Waals surface area (Å²) in [5.74, 6) is 0.661. The third kappa shape index (κ3) is 6.13. The largest absolute Gasteiger partial charge is 0.314 e. The quantitative estimate of drug-likeness (QED) is 0.812. The molecule has 1 aromatic carbocycles. The molecule has 0 aliphatic carbocycles. The summed E-state index contributed by atoms with van der Waals surface area (Å²) in [7, 11) is 0. The lowest BCUT2D eigenvalue weighted by Gasteiger charge is -2.36. The van der Waals surface area contributed by atoms with Crippen molar-refractivity contribution in [1.82, 2.24) is 10.2 Å². The van der Waals surface area contributed by atoms with Gasteiger partial charge >= 0.3 is 0 Å². The van der Waals surface area contributed by atoms with Gasteiger partial charge in [-0.2, -0.15) is 0 Å². The number of nitrogens with zero attached hydrogens (tertiary/aromatic N) is 1. The van der Waals surface area contributed by atoms with Gasteiger partial charge in [0, 0.05) is 32.2 Å². The lowest BCUT2D eigenvalue weighted by Crippen LogP contribution is -2.45. The number of benzene rings is 1. The van der Waals surface area contributed by atoms with Crippen molar-refractivity contribution >= 4 is 48.0 Å². The first-order valence-corrected chi connectivity index (χ1v) is 7.73. The summed E-state index contributed by atoms with van der Waals surface area (Å²) in [5, 5.41) is 4.69. The van der Waals surface area contributed by atoms with E-state index in [0.29, 0.717) is 22.0 Å². The summed E-state index contributed by atoms with van der Waals surface area (Å²) in [6.07, 6.45) is 1.15. The first kappa shape index (κ1) is 21.3. The zero-order valence-corrected chi connectivity index (χ0v) is 15.6. The fraction of sp³-hybridized carbons (Fsp3) is 0.600. The molecule has 0 saturated carbocycles. The van der Waals surface area contributed by atoms with Crippen molar-refractivity contribution in [3.05, 3.63) is 33.8 Å². The molecule has 0 bridgehead atoms. The Kier molecular flexibility index (Phi) is 10.3. The minimum Gasteiger partial charge on any atom is -0.314 e. The molecule has 1 heterocycles. The van der Waals surface area contributed by atoms with Gasteiger partial charge in [0.1, 0.15) is 0 Å². The van der Waals surface area contributed by atoms with E-state index in [-0.39, 0.29) is 24.8 Å². The lowest BCUT2D eigenvalue weighted by molar-refractivity contribution is 0.154. The highest BCUT2D eigenvalue weighted by Crippen LogP contribution is 2.32. The molecule has 6 heteroatoms. The number of nitrogens with one attached hydrogen (secondary N) is 1. The molecule has 1 saturated heterocycles. The Morgan fingerprint density at radius 2 is 1.71 bits per heavy atom. The Labute approximate surface area is 150 Å². The summed E-state index contributed by atoms with van der Waals surface area (Å²) in [6.45, 7) is 8.86. The molecule has 1 N–H and O–H groups in total. The zero-order valence-electron chi connectivity index (χ0n) is 12.4. The molecular formula is C15H24Cl4N2. The first-order chi connectivity index (χ1) is 9.08. The smallest absolute Gasteiger partial charge is 0.0595 e. The van der Waals surface area contributed by atoms with Gasteiger partial charge in [0.15, 0.2) is 0 Å². The fourth-order valence-corrected chi connectivity index (χ4v) is 2.96. The molecule has 0 radical (unpaired) electrons. The van der Waals surface area contributed by atoms with Crippen molar-refractivity contribution in [2.45, 2.75) is 26.3 Å². The van der Waals surface area contributed by atoms with Gasteiger partial charge in [-0.05, 0) is 30.0 Å². The van der Waals surface area contributed by atoms with Gasteiger partial charge in [-0.3, -0.25) is 4.90 Å². The maximum absolute atomic E-state index is 6.17. The van der Waals surface area contributed by atoms with Crippen LogP contribution in [0.3, 0.4) is 0 Å². The SMILES string of the molecule is CC(C)C[C@@H](c1ccc(Cl)c(Cl)c1)N1CCNCC1.Cl.Cl. The van der Waals surface area contributed by atoms with Crippen LogP contribution >= 0.6 is 48.0 Å². The minimum atomic E-state index is 0. The van der Waals surface area contributed by atoms with Gasteiger partial charge in [-0.15, -0.1) is 24.8 Å². The van der Waals surface area contributed by atoms with E-state index in [4.69, 9.17) is 23.2 Å². The minimum absolute atomic E-state index is 0. The summed E-state index contributed by atoms with van der Waals surface area (Å²) >= 11 is 12.2. The van der Waals surface area contributed by atoms with Crippen LogP contribution in [0, 0.1) is 5.92 Å². The van der Waals surface area contributed by atoms with Crippen molar-refractivity contribution in [2.24, 2.45) is 5.92 Å². The molecule has 1 aliphatic rings. The van der Waals surface area contributed by atoms with Crippen LogP contribution in [-0.4, -0.2) is 31.1 Å². The van der Waals surface area contributed by atoms with Crippen LogP contribution in [0.15, 0.2) is 18.2 Å². The first-order valence-electron chi connectivity index (χ1n) is 6.97. The van der Waals surface area contributed by atoms with Crippen LogP contribution < -0.4 is 5.32 Å². The zero-order chi connectivity index (χ0) is 13.8. The van der Waals surface area contributed by atoms with Crippen LogP contribution in [0.1, 0.15) is 31.9 Å². The maximum atomic E-state index is 6.17. The topological polar surface area (TPSA) is 15.3 Å². The van der Waals surface area contributed by atoms with E-state index in [0.717, 1.165) is 32.6 Å². The number of hydrogen-bond donors (Lipinski definition) is 1. The van der Waals surface area contributed by atoms with Crippen LogP contribution in [0.5, 0.6) is 0 Å². The molecule has 2 rings (SSSR count). The second-order valence-corrected chi connectivity index (χ2v) is 6.42. The molecule has 1 aliphatic heterocycles. The van der Waals surface area contributed by atoms with E-state index >= 15 is 0 Å². The predicted octanol–water partition coefficient (Wildman–Crippen LogP) is 4.83. The molecule has 2 nitrogen and oxygen atoms in total. The van der Waals surface area contributed by atoms with Crippen molar-refractivity contribution < 1.29 is 0 Å². The van der Waals surface area contributed by atoms with Crippen molar-refractivity contribution in [2.75, 3.05) is 26.2 Å². The fourth-order valence-electron chi connectivity index (χ4n) is 2.66. The Bertz CT molecular complexity index is 420. The standard InChI is InChI=1S/C15H22Cl2N2.2ClH/c1-11(2)9-15(19-7-5-18-6-8-19)12-3-4-13(16)14(17)10-12;;/h3-4,10-11,15,18H,5-9H2,1-2H3;2*1H/t15-;;/m0../s1. The third-order valence-electron chi connectivity index (χ3n) is 3.62. The predicted molar refractivity (Wildman–Crippen MR) is 97.6 cm³/mol. The van der Waals surface area contributed by atoms with Gasteiger partial charge in [0.05, 0.1) is 10.0 Å². The highest BCUT2D eigenvalue weighted by atomic mass is 35.5. The van der Waals surface area contributed by atoms with Crippen molar-refractivity contribution in [3.8, 4) is 0 Å². The van der Waals surface area contributed by atoms with E-state index in [1.165, 1.54) is 5.56 Å². The molecule has 1 atom stereocenters. The summed E-state index contributed by atoms with van der Waals surface area (Å²) in [5.41, 5.74) is 1.28. The lowest BCUT2D eigenvalue weighted by atomic mass is 9.95. The van der Waals surface area contributed by atoms with Gasteiger partial charge in [0.25, 0.3) is 0 Å². The molecule has 0 spiro atoms. The molecule has 122 valence electrons. The van der Waals surface area contributed by atoms with Crippen molar-refractivity contribution in [1.29, 1.82) is 0 Å². The Morgan fingerprint density at radius 3 is 2.24 bits per heavy atom. The summed E-state index contributed by atoms with van der Waals surface area (Å²) < 4.78 is 0. The van der Waals surface area contributed by atoms with Crippen LogP contribution in [0.25, 0.3) is 0 Å². The van der Waals surface area contributed by atoms with Gasteiger partial charge in [-0.1, -0.05) is 43.1 Å². The molecule has 0 aromatic heterocycles. The van der Waals surface area contributed by atoms with Gasteiger partial charge in [0.2, 0.25) is 0 Å². The molecule has 1 aromatic rings. The van der Waals surface area contributed by atoms with E-state index in [9.17, 15) is 0 Å². The van der Waals surface area contributed by atoms with E-state index in [2.05, 4.69) is 30.1 Å². The van der Waals surface area contributed by atoms with Crippen LogP contribution in [0.2, 0.25) is 10.0 Å². The molecule has 1 fully saturated rings. The number of piperazine rings is 1. The third-order valence-corrected chi connectivity index (χ3v) is 4.35. The van der Waals surface area contributed by atoms with E-state index in [1.54, 1.807) is 0 Å². The second-order valence-electron chi connectivity index (χ2n) is 5.60. The average molecular weight is 374 g/mol. The average Bonchev–Trinajstić information content (AvgIpc) is 2.40. The number of hydrogen-bond acceptors (Lipinski definition) is 2. The van der Waals surface area contributed by atoms with Crippen LogP contribution in [0.4, 0.5) is 0 Å². The second kappa shape index (κ2) is 10.1. The van der Waals surface area contributed by atoms with E-state index in [1.807, 2.05) is 12.1 Å². The van der Waals surface area contributed by atoms with E-state index < -0.39 is 0 Å². The Balaban J connectivity index is 0.00000200. The molecule has 21 heavy (non-hydrogen) atoms. The maximum Gasteiger partial charge on any atom is 0.0595 e. The van der Waals surface area contributed by atoms with Crippen LogP contribution in [-0.2, 0) is 0 Å².